The monoisotopic (exact) mass is 286 g/mol. The van der Waals surface area contributed by atoms with Crippen molar-refractivity contribution in [2.75, 3.05) is 22.6 Å². The van der Waals surface area contributed by atoms with E-state index in [0.29, 0.717) is 6.04 Å². The van der Waals surface area contributed by atoms with Crippen LogP contribution in [-0.4, -0.2) is 17.5 Å². The molecule has 1 aromatic carbocycles. The first kappa shape index (κ1) is 11.1. The lowest BCUT2D eigenvalue weighted by molar-refractivity contribution is 0.667. The van der Waals surface area contributed by atoms with Gasteiger partial charge in [0.05, 0.1) is 11.4 Å². The van der Waals surface area contributed by atoms with E-state index in [9.17, 15) is 0 Å². The zero-order chi connectivity index (χ0) is 10.7. The van der Waals surface area contributed by atoms with Crippen molar-refractivity contribution in [2.24, 2.45) is 0 Å². The van der Waals surface area contributed by atoms with Crippen LogP contribution in [0.15, 0.2) is 22.7 Å². The van der Waals surface area contributed by atoms with Gasteiger partial charge in [-0.3, -0.25) is 0 Å². The Morgan fingerprint density at radius 3 is 2.80 bits per heavy atom. The molecule has 1 aromatic rings. The minimum atomic E-state index is 0.586. The third kappa shape index (κ3) is 3.05. The molecular weight excluding hydrogens is 272 g/mol. The quantitative estimate of drug-likeness (QED) is 0.819. The zero-order valence-corrected chi connectivity index (χ0v) is 10.9. The molecule has 0 spiro atoms. The number of hydrogen-bond acceptors (Lipinski definition) is 3. The standard InChI is InChI=1S/C11H15BrN2S/c12-8-1-2-10(13)11(7-8)14-9-3-5-15-6-4-9/h1-2,7,9,14H,3-6,13H2. The molecule has 0 aromatic heterocycles. The molecule has 0 amide bonds. The molecular formula is C11H15BrN2S. The highest BCUT2D eigenvalue weighted by molar-refractivity contribution is 9.10. The van der Waals surface area contributed by atoms with Crippen LogP contribution in [0.3, 0.4) is 0 Å². The first-order valence-corrected chi connectivity index (χ1v) is 7.10. The highest BCUT2D eigenvalue weighted by atomic mass is 79.9. The Morgan fingerprint density at radius 1 is 1.33 bits per heavy atom. The molecule has 2 rings (SSSR count). The fourth-order valence-corrected chi connectivity index (χ4v) is 3.18. The Kier molecular flexibility index (Phi) is 3.81. The Bertz CT molecular complexity index is 337. The summed E-state index contributed by atoms with van der Waals surface area (Å²) in [6, 6.07) is 6.54. The lowest BCUT2D eigenvalue weighted by Gasteiger charge is -2.24. The van der Waals surface area contributed by atoms with E-state index in [1.807, 2.05) is 23.9 Å². The summed E-state index contributed by atoms with van der Waals surface area (Å²) in [7, 11) is 0. The molecule has 82 valence electrons. The molecule has 3 N–H and O–H groups in total. The summed E-state index contributed by atoms with van der Waals surface area (Å²) in [5.41, 5.74) is 7.80. The van der Waals surface area contributed by atoms with Gasteiger partial charge in [0.2, 0.25) is 0 Å². The van der Waals surface area contributed by atoms with Gasteiger partial charge in [0.25, 0.3) is 0 Å². The second-order valence-corrected chi connectivity index (χ2v) is 5.90. The maximum atomic E-state index is 5.92. The number of hydrogen-bond donors (Lipinski definition) is 2. The van der Waals surface area contributed by atoms with Crippen molar-refractivity contribution >= 4 is 39.1 Å². The molecule has 4 heteroatoms. The molecule has 1 aliphatic heterocycles. The van der Waals surface area contributed by atoms with Crippen LogP contribution in [-0.2, 0) is 0 Å². The van der Waals surface area contributed by atoms with E-state index in [1.165, 1.54) is 24.3 Å². The van der Waals surface area contributed by atoms with Crippen molar-refractivity contribution in [3.8, 4) is 0 Å². The molecule has 0 radical (unpaired) electrons. The van der Waals surface area contributed by atoms with Crippen LogP contribution in [0, 0.1) is 0 Å². The van der Waals surface area contributed by atoms with E-state index in [1.54, 1.807) is 0 Å². The Hall–Kier alpha value is -0.350. The van der Waals surface area contributed by atoms with Crippen molar-refractivity contribution < 1.29 is 0 Å². The average molecular weight is 287 g/mol. The lowest BCUT2D eigenvalue weighted by atomic mass is 10.1. The van der Waals surface area contributed by atoms with Gasteiger partial charge < -0.3 is 11.1 Å². The van der Waals surface area contributed by atoms with E-state index in [-0.39, 0.29) is 0 Å². The van der Waals surface area contributed by atoms with E-state index < -0.39 is 0 Å². The molecule has 0 saturated carbocycles. The molecule has 1 saturated heterocycles. The number of nitrogen functional groups attached to an aromatic ring is 1. The highest BCUT2D eigenvalue weighted by Crippen LogP contribution is 2.27. The first-order chi connectivity index (χ1) is 7.25. The van der Waals surface area contributed by atoms with Gasteiger partial charge in [0.15, 0.2) is 0 Å². The van der Waals surface area contributed by atoms with Crippen LogP contribution in [0.25, 0.3) is 0 Å². The maximum Gasteiger partial charge on any atom is 0.0587 e. The molecule has 2 nitrogen and oxygen atoms in total. The van der Waals surface area contributed by atoms with Crippen molar-refractivity contribution in [2.45, 2.75) is 18.9 Å². The van der Waals surface area contributed by atoms with Gasteiger partial charge in [0.1, 0.15) is 0 Å². The van der Waals surface area contributed by atoms with Gasteiger partial charge in [-0.1, -0.05) is 15.9 Å². The van der Waals surface area contributed by atoms with Gasteiger partial charge in [0, 0.05) is 10.5 Å². The number of nitrogens with two attached hydrogens (primary N) is 1. The van der Waals surface area contributed by atoms with Crippen LogP contribution < -0.4 is 11.1 Å². The SMILES string of the molecule is Nc1ccc(Br)cc1NC1CCSCC1. The largest absolute Gasteiger partial charge is 0.397 e. The molecule has 1 heterocycles. The van der Waals surface area contributed by atoms with Crippen molar-refractivity contribution in [1.82, 2.24) is 0 Å². The predicted molar refractivity (Wildman–Crippen MR) is 72.5 cm³/mol. The fraction of sp³-hybridized carbons (Fsp3) is 0.455. The third-order valence-corrected chi connectivity index (χ3v) is 4.14. The second kappa shape index (κ2) is 5.12. The van der Waals surface area contributed by atoms with Gasteiger partial charge in [-0.05, 0) is 42.5 Å². The van der Waals surface area contributed by atoms with Crippen LogP contribution >= 0.6 is 27.7 Å². The zero-order valence-electron chi connectivity index (χ0n) is 8.50. The van der Waals surface area contributed by atoms with Crippen molar-refractivity contribution in [3.63, 3.8) is 0 Å². The summed E-state index contributed by atoms with van der Waals surface area (Å²) in [4.78, 5) is 0. The summed E-state index contributed by atoms with van der Waals surface area (Å²) in [6.07, 6.45) is 2.47. The predicted octanol–water partition coefficient (Wildman–Crippen LogP) is 3.34. The fourth-order valence-electron chi connectivity index (χ4n) is 1.72. The number of halogens is 1. The summed E-state index contributed by atoms with van der Waals surface area (Å²) in [5, 5.41) is 3.52. The molecule has 0 bridgehead atoms. The van der Waals surface area contributed by atoms with E-state index >= 15 is 0 Å². The van der Waals surface area contributed by atoms with Gasteiger partial charge in [-0.25, -0.2) is 0 Å². The van der Waals surface area contributed by atoms with Crippen LogP contribution in [0.2, 0.25) is 0 Å². The van der Waals surface area contributed by atoms with E-state index in [2.05, 4.69) is 27.3 Å². The van der Waals surface area contributed by atoms with Gasteiger partial charge >= 0.3 is 0 Å². The van der Waals surface area contributed by atoms with Crippen LogP contribution in [0.5, 0.6) is 0 Å². The summed E-state index contributed by atoms with van der Waals surface area (Å²) in [6.45, 7) is 0. The molecule has 0 unspecified atom stereocenters. The molecule has 1 fully saturated rings. The topological polar surface area (TPSA) is 38.0 Å². The van der Waals surface area contributed by atoms with Crippen molar-refractivity contribution in [1.29, 1.82) is 0 Å². The summed E-state index contributed by atoms with van der Waals surface area (Å²) >= 11 is 5.50. The normalized spacial score (nSPS) is 17.7. The molecule has 0 atom stereocenters. The molecule has 1 aliphatic rings. The second-order valence-electron chi connectivity index (χ2n) is 3.76. The number of nitrogens with one attached hydrogen (secondary N) is 1. The Labute approximate surface area is 103 Å². The van der Waals surface area contributed by atoms with Gasteiger partial charge in [-0.2, -0.15) is 11.8 Å². The Morgan fingerprint density at radius 2 is 2.07 bits per heavy atom. The van der Waals surface area contributed by atoms with Crippen LogP contribution in [0.1, 0.15) is 12.8 Å². The highest BCUT2D eigenvalue weighted by Gasteiger charge is 2.14. The lowest BCUT2D eigenvalue weighted by Crippen LogP contribution is -2.24. The van der Waals surface area contributed by atoms with Crippen molar-refractivity contribution in [3.05, 3.63) is 22.7 Å². The smallest absolute Gasteiger partial charge is 0.0587 e. The Balaban J connectivity index is 2.05. The molecule has 0 aliphatic carbocycles. The number of benzene rings is 1. The first-order valence-electron chi connectivity index (χ1n) is 5.15. The average Bonchev–Trinajstić information content (AvgIpc) is 2.25. The van der Waals surface area contributed by atoms with E-state index in [4.69, 9.17) is 5.73 Å². The molecule has 15 heavy (non-hydrogen) atoms. The number of thioether (sulfide) groups is 1. The van der Waals surface area contributed by atoms with E-state index in [0.717, 1.165) is 15.8 Å². The van der Waals surface area contributed by atoms with Gasteiger partial charge in [-0.15, -0.1) is 0 Å². The summed E-state index contributed by atoms with van der Waals surface area (Å²) < 4.78 is 1.07. The van der Waals surface area contributed by atoms with Crippen LogP contribution in [0.4, 0.5) is 11.4 Å². The maximum absolute atomic E-state index is 5.92. The minimum Gasteiger partial charge on any atom is -0.397 e. The number of rotatable bonds is 2. The minimum absolute atomic E-state index is 0.586. The summed E-state index contributed by atoms with van der Waals surface area (Å²) in [5.74, 6) is 2.51. The third-order valence-electron chi connectivity index (χ3n) is 2.60. The number of anilines is 2.